The van der Waals surface area contributed by atoms with E-state index in [9.17, 15) is 8.78 Å². The number of anilines is 1. The Balaban J connectivity index is 2.00. The first-order valence-electron chi connectivity index (χ1n) is 5.47. The molecule has 0 heterocycles. The highest BCUT2D eigenvalue weighted by atomic mass is 19.2. The molecule has 1 aliphatic carbocycles. The zero-order chi connectivity index (χ0) is 10.7. The van der Waals surface area contributed by atoms with Gasteiger partial charge in [0, 0.05) is 17.8 Å². The average Bonchev–Trinajstić information content (AvgIpc) is 2.25. The van der Waals surface area contributed by atoms with Crippen molar-refractivity contribution in [2.45, 2.75) is 38.1 Å². The first-order valence-corrected chi connectivity index (χ1v) is 5.47. The molecular formula is C12H15F2N. The largest absolute Gasteiger partial charge is 0.382 e. The van der Waals surface area contributed by atoms with Crippen LogP contribution in [0.4, 0.5) is 14.5 Å². The van der Waals surface area contributed by atoms with Crippen LogP contribution in [0.15, 0.2) is 18.2 Å². The Bertz CT molecular complexity index is 332. The molecule has 0 unspecified atom stereocenters. The van der Waals surface area contributed by atoms with Gasteiger partial charge in [-0.3, -0.25) is 0 Å². The van der Waals surface area contributed by atoms with Crippen LogP contribution >= 0.6 is 0 Å². The monoisotopic (exact) mass is 211 g/mol. The molecule has 1 aromatic rings. The van der Waals surface area contributed by atoms with Gasteiger partial charge in [0.2, 0.25) is 0 Å². The summed E-state index contributed by atoms with van der Waals surface area (Å²) in [5, 5.41) is 3.24. The second-order valence-corrected chi connectivity index (χ2v) is 4.11. The van der Waals surface area contributed by atoms with E-state index in [1.165, 1.54) is 31.4 Å². The number of hydrogen-bond acceptors (Lipinski definition) is 1. The molecule has 1 saturated carbocycles. The normalized spacial score (nSPS) is 17.7. The van der Waals surface area contributed by atoms with Crippen LogP contribution in [-0.4, -0.2) is 6.04 Å². The average molecular weight is 211 g/mol. The second kappa shape index (κ2) is 4.60. The number of rotatable bonds is 2. The highest BCUT2D eigenvalue weighted by Crippen LogP contribution is 2.22. The molecule has 0 aliphatic heterocycles. The number of hydrogen-bond donors (Lipinski definition) is 1. The van der Waals surface area contributed by atoms with E-state index in [0.717, 1.165) is 12.8 Å². The summed E-state index contributed by atoms with van der Waals surface area (Å²) in [7, 11) is 0. The van der Waals surface area contributed by atoms with Crippen LogP contribution in [0.2, 0.25) is 0 Å². The van der Waals surface area contributed by atoms with Gasteiger partial charge < -0.3 is 5.32 Å². The van der Waals surface area contributed by atoms with E-state index in [-0.39, 0.29) is 0 Å². The van der Waals surface area contributed by atoms with E-state index < -0.39 is 11.6 Å². The minimum atomic E-state index is -0.788. The zero-order valence-electron chi connectivity index (χ0n) is 8.60. The molecule has 1 aliphatic rings. The molecule has 82 valence electrons. The summed E-state index contributed by atoms with van der Waals surface area (Å²) in [6.07, 6.45) is 5.98. The van der Waals surface area contributed by atoms with Gasteiger partial charge in [-0.25, -0.2) is 8.78 Å². The van der Waals surface area contributed by atoms with Gasteiger partial charge in [0.05, 0.1) is 0 Å². The Labute approximate surface area is 88.5 Å². The van der Waals surface area contributed by atoms with Gasteiger partial charge in [-0.05, 0) is 25.0 Å². The summed E-state index contributed by atoms with van der Waals surface area (Å²) in [6.45, 7) is 0. The fraction of sp³-hybridized carbons (Fsp3) is 0.500. The molecule has 0 atom stereocenters. The number of halogens is 2. The van der Waals surface area contributed by atoms with Crippen LogP contribution in [0.3, 0.4) is 0 Å². The molecule has 15 heavy (non-hydrogen) atoms. The van der Waals surface area contributed by atoms with Gasteiger partial charge in [0.25, 0.3) is 0 Å². The van der Waals surface area contributed by atoms with Crippen molar-refractivity contribution in [3.63, 3.8) is 0 Å². The highest BCUT2D eigenvalue weighted by molar-refractivity contribution is 5.44. The van der Waals surface area contributed by atoms with Crippen molar-refractivity contribution in [2.24, 2.45) is 0 Å². The lowest BCUT2D eigenvalue weighted by atomic mass is 9.95. The Morgan fingerprint density at radius 3 is 2.40 bits per heavy atom. The first-order chi connectivity index (χ1) is 7.25. The third-order valence-corrected chi connectivity index (χ3v) is 2.90. The lowest BCUT2D eigenvalue weighted by molar-refractivity contribution is 0.462. The third-order valence-electron chi connectivity index (χ3n) is 2.90. The first kappa shape index (κ1) is 10.4. The molecular weight excluding hydrogens is 196 g/mol. The maximum Gasteiger partial charge on any atom is 0.160 e. The van der Waals surface area contributed by atoms with Crippen LogP contribution in [-0.2, 0) is 0 Å². The van der Waals surface area contributed by atoms with Crippen molar-refractivity contribution in [3.8, 4) is 0 Å². The van der Waals surface area contributed by atoms with Crippen LogP contribution in [0.25, 0.3) is 0 Å². The van der Waals surface area contributed by atoms with Gasteiger partial charge in [-0.15, -0.1) is 0 Å². The van der Waals surface area contributed by atoms with E-state index in [0.29, 0.717) is 11.7 Å². The lowest BCUT2D eigenvalue weighted by Gasteiger charge is -2.23. The Kier molecular flexibility index (Phi) is 3.19. The van der Waals surface area contributed by atoms with Crippen LogP contribution in [0.1, 0.15) is 32.1 Å². The van der Waals surface area contributed by atoms with Gasteiger partial charge in [-0.1, -0.05) is 19.3 Å². The highest BCUT2D eigenvalue weighted by Gasteiger charge is 2.13. The van der Waals surface area contributed by atoms with Gasteiger partial charge in [-0.2, -0.15) is 0 Å². The molecule has 0 amide bonds. The van der Waals surface area contributed by atoms with Gasteiger partial charge >= 0.3 is 0 Å². The molecule has 0 radical (unpaired) electrons. The van der Waals surface area contributed by atoms with E-state index in [2.05, 4.69) is 5.32 Å². The summed E-state index contributed by atoms with van der Waals surface area (Å²) in [4.78, 5) is 0. The maximum atomic E-state index is 12.9. The van der Waals surface area contributed by atoms with Crippen molar-refractivity contribution in [1.29, 1.82) is 0 Å². The number of benzene rings is 1. The summed E-state index contributed by atoms with van der Waals surface area (Å²) in [5.74, 6) is -1.57. The van der Waals surface area contributed by atoms with Crippen molar-refractivity contribution >= 4 is 5.69 Å². The van der Waals surface area contributed by atoms with E-state index in [1.54, 1.807) is 6.07 Å². The molecule has 1 fully saturated rings. The molecule has 2 rings (SSSR count). The zero-order valence-corrected chi connectivity index (χ0v) is 8.60. The van der Waals surface area contributed by atoms with Gasteiger partial charge in [0.15, 0.2) is 11.6 Å². The van der Waals surface area contributed by atoms with Crippen molar-refractivity contribution in [1.82, 2.24) is 0 Å². The van der Waals surface area contributed by atoms with Crippen LogP contribution in [0, 0.1) is 11.6 Å². The van der Waals surface area contributed by atoms with E-state index in [4.69, 9.17) is 0 Å². The van der Waals surface area contributed by atoms with E-state index >= 15 is 0 Å². The van der Waals surface area contributed by atoms with Gasteiger partial charge in [0.1, 0.15) is 0 Å². The summed E-state index contributed by atoms with van der Waals surface area (Å²) in [5.41, 5.74) is 0.681. The van der Waals surface area contributed by atoms with Crippen molar-refractivity contribution < 1.29 is 8.78 Å². The Hall–Kier alpha value is -1.12. The standard InChI is InChI=1S/C12H15F2N/c13-11-7-6-10(8-12(11)14)15-9-4-2-1-3-5-9/h6-9,15H,1-5H2. The fourth-order valence-electron chi connectivity index (χ4n) is 2.07. The summed E-state index contributed by atoms with van der Waals surface area (Å²) < 4.78 is 25.6. The molecule has 1 aromatic carbocycles. The lowest BCUT2D eigenvalue weighted by Crippen LogP contribution is -2.22. The second-order valence-electron chi connectivity index (χ2n) is 4.11. The molecule has 3 heteroatoms. The van der Waals surface area contributed by atoms with Crippen LogP contribution in [0.5, 0.6) is 0 Å². The molecule has 0 bridgehead atoms. The summed E-state index contributed by atoms with van der Waals surface area (Å²) >= 11 is 0. The molecule has 1 N–H and O–H groups in total. The predicted octanol–water partition coefficient (Wildman–Crippen LogP) is 3.71. The topological polar surface area (TPSA) is 12.0 Å². The molecule has 0 aromatic heterocycles. The molecule has 0 spiro atoms. The summed E-state index contributed by atoms with van der Waals surface area (Å²) in [6, 6.07) is 4.40. The van der Waals surface area contributed by atoms with E-state index in [1.807, 2.05) is 0 Å². The minimum absolute atomic E-state index is 0.420. The van der Waals surface area contributed by atoms with Crippen LogP contribution < -0.4 is 5.32 Å². The Morgan fingerprint density at radius 1 is 1.00 bits per heavy atom. The maximum absolute atomic E-state index is 12.9. The molecule has 0 saturated heterocycles. The smallest absolute Gasteiger partial charge is 0.160 e. The Morgan fingerprint density at radius 2 is 1.73 bits per heavy atom. The predicted molar refractivity (Wildman–Crippen MR) is 56.9 cm³/mol. The third kappa shape index (κ3) is 2.67. The van der Waals surface area contributed by atoms with Crippen molar-refractivity contribution in [3.05, 3.63) is 29.8 Å². The number of nitrogens with one attached hydrogen (secondary N) is 1. The van der Waals surface area contributed by atoms with Crippen molar-refractivity contribution in [2.75, 3.05) is 5.32 Å². The minimum Gasteiger partial charge on any atom is -0.382 e. The SMILES string of the molecule is Fc1ccc(NC2CCCCC2)cc1F. The fourth-order valence-corrected chi connectivity index (χ4v) is 2.07. The molecule has 1 nitrogen and oxygen atoms in total. The quantitative estimate of drug-likeness (QED) is 0.786.